The Morgan fingerprint density at radius 3 is 2.44 bits per heavy atom. The third-order valence-corrected chi connectivity index (χ3v) is 1.19. The summed E-state index contributed by atoms with van der Waals surface area (Å²) in [5.74, 6) is 0. The Balaban J connectivity index is 3.20. The van der Waals surface area contributed by atoms with Crippen molar-refractivity contribution in [1.29, 1.82) is 0 Å². The number of azo groups is 1. The van der Waals surface area contributed by atoms with E-state index in [1.54, 1.807) is 0 Å². The van der Waals surface area contributed by atoms with E-state index in [9.17, 15) is 0 Å². The molecule has 0 spiro atoms. The van der Waals surface area contributed by atoms with Crippen LogP contribution in [-0.2, 0) is 0 Å². The minimum atomic E-state index is 0.413. The van der Waals surface area contributed by atoms with Gasteiger partial charge in [-0.3, -0.25) is 0 Å². The highest BCUT2D eigenvalue weighted by atomic mass is 15.1. The molecule has 0 aromatic carbocycles. The Morgan fingerprint density at radius 2 is 2.00 bits per heavy atom. The predicted octanol–water partition coefficient (Wildman–Crippen LogP) is 2.65. The Hall–Kier alpha value is -0.400. The van der Waals surface area contributed by atoms with Gasteiger partial charge in [-0.2, -0.15) is 10.2 Å². The second-order valence-electron chi connectivity index (χ2n) is 2.24. The molecule has 0 saturated carbocycles. The van der Waals surface area contributed by atoms with Crippen molar-refractivity contribution in [3.05, 3.63) is 0 Å². The van der Waals surface area contributed by atoms with Gasteiger partial charge >= 0.3 is 0 Å². The molecule has 0 N–H and O–H groups in total. The predicted molar refractivity (Wildman–Crippen MR) is 39.8 cm³/mol. The maximum Gasteiger partial charge on any atom is 0.0677 e. The molecule has 0 aliphatic rings. The van der Waals surface area contributed by atoms with Gasteiger partial charge in [-0.25, -0.2) is 0 Å². The van der Waals surface area contributed by atoms with Crippen molar-refractivity contribution in [1.82, 2.24) is 0 Å². The highest BCUT2D eigenvalue weighted by Crippen LogP contribution is 1.95. The van der Waals surface area contributed by atoms with Gasteiger partial charge in [0.15, 0.2) is 0 Å². The molecule has 0 saturated heterocycles. The molecule has 0 aromatic rings. The first kappa shape index (κ1) is 8.60. The summed E-state index contributed by atoms with van der Waals surface area (Å²) < 4.78 is 0. The molecule has 0 fully saturated rings. The third kappa shape index (κ3) is 5.47. The summed E-state index contributed by atoms with van der Waals surface area (Å²) in [5.41, 5.74) is 0. The van der Waals surface area contributed by atoms with Gasteiger partial charge in [0, 0.05) is 0 Å². The van der Waals surface area contributed by atoms with Gasteiger partial charge in [0.1, 0.15) is 0 Å². The van der Waals surface area contributed by atoms with Crippen molar-refractivity contribution in [2.24, 2.45) is 10.2 Å². The molecule has 0 amide bonds. The lowest BCUT2D eigenvalue weighted by molar-refractivity contribution is 0.653. The zero-order valence-corrected chi connectivity index (χ0v) is 6.59. The van der Waals surface area contributed by atoms with Crippen molar-refractivity contribution in [2.75, 3.05) is 6.54 Å². The minimum absolute atomic E-state index is 0.413. The van der Waals surface area contributed by atoms with Crippen LogP contribution in [0, 0.1) is 0 Å². The monoisotopic (exact) mass is 128 g/mol. The summed E-state index contributed by atoms with van der Waals surface area (Å²) in [7, 11) is 0. The highest BCUT2D eigenvalue weighted by molar-refractivity contribution is 4.51. The smallest absolute Gasteiger partial charge is 0.0677 e. The summed E-state index contributed by atoms with van der Waals surface area (Å²) in [6.45, 7) is 7.19. The van der Waals surface area contributed by atoms with Crippen LogP contribution < -0.4 is 0 Å². The van der Waals surface area contributed by atoms with Crippen LogP contribution in [0.1, 0.15) is 33.6 Å². The van der Waals surface area contributed by atoms with E-state index in [4.69, 9.17) is 0 Å². The highest BCUT2D eigenvalue weighted by Gasteiger charge is 1.90. The summed E-state index contributed by atoms with van der Waals surface area (Å²) in [6.07, 6.45) is 2.19. The van der Waals surface area contributed by atoms with E-state index in [-0.39, 0.29) is 0 Å². The van der Waals surface area contributed by atoms with E-state index < -0.39 is 0 Å². The molecule has 2 nitrogen and oxygen atoms in total. The second kappa shape index (κ2) is 5.73. The molecule has 0 heterocycles. The fraction of sp³-hybridized carbons (Fsp3) is 1.00. The molecule has 0 radical (unpaired) electrons. The van der Waals surface area contributed by atoms with Crippen LogP contribution >= 0.6 is 0 Å². The first-order chi connectivity index (χ1) is 4.31. The summed E-state index contributed by atoms with van der Waals surface area (Å²) >= 11 is 0. The van der Waals surface area contributed by atoms with Crippen LogP contribution in [0.2, 0.25) is 0 Å². The molecule has 9 heavy (non-hydrogen) atoms. The van der Waals surface area contributed by atoms with Crippen LogP contribution in [0.3, 0.4) is 0 Å². The Labute approximate surface area is 57.4 Å². The van der Waals surface area contributed by atoms with Gasteiger partial charge < -0.3 is 0 Å². The zero-order valence-electron chi connectivity index (χ0n) is 6.59. The lowest BCUT2D eigenvalue weighted by Gasteiger charge is -1.96. The topological polar surface area (TPSA) is 24.7 Å². The van der Waals surface area contributed by atoms with Gasteiger partial charge in [0.05, 0.1) is 12.6 Å². The largest absolute Gasteiger partial charge is 0.194 e. The van der Waals surface area contributed by atoms with Gasteiger partial charge in [-0.1, -0.05) is 13.8 Å². The lowest BCUT2D eigenvalue weighted by Crippen LogP contribution is -1.92. The van der Waals surface area contributed by atoms with Crippen LogP contribution in [0.5, 0.6) is 0 Å². The average molecular weight is 128 g/mol. The zero-order chi connectivity index (χ0) is 7.11. The van der Waals surface area contributed by atoms with Crippen LogP contribution in [0.4, 0.5) is 0 Å². The fourth-order valence-corrected chi connectivity index (χ4v) is 0.379. The fourth-order valence-electron chi connectivity index (χ4n) is 0.379. The Kier molecular flexibility index (Phi) is 5.48. The number of rotatable bonds is 4. The normalized spacial score (nSPS) is 14.6. The van der Waals surface area contributed by atoms with E-state index in [0.29, 0.717) is 6.04 Å². The molecule has 1 atom stereocenters. The molecule has 0 bridgehead atoms. The van der Waals surface area contributed by atoms with Crippen LogP contribution in [0.25, 0.3) is 0 Å². The maximum atomic E-state index is 4.06. The van der Waals surface area contributed by atoms with E-state index in [2.05, 4.69) is 31.0 Å². The molecular formula is C7H16N2. The second-order valence-corrected chi connectivity index (χ2v) is 2.24. The van der Waals surface area contributed by atoms with Gasteiger partial charge in [-0.05, 0) is 19.8 Å². The molecule has 0 rings (SSSR count). The molecule has 1 unspecified atom stereocenters. The quantitative estimate of drug-likeness (QED) is 0.520. The molecule has 0 aromatic heterocycles. The first-order valence-electron chi connectivity index (χ1n) is 3.67. The van der Waals surface area contributed by atoms with E-state index >= 15 is 0 Å². The molecule has 54 valence electrons. The van der Waals surface area contributed by atoms with Crippen molar-refractivity contribution >= 4 is 0 Å². The Morgan fingerprint density at radius 1 is 1.33 bits per heavy atom. The van der Waals surface area contributed by atoms with Crippen molar-refractivity contribution in [3.63, 3.8) is 0 Å². The number of hydrogen-bond acceptors (Lipinski definition) is 2. The van der Waals surface area contributed by atoms with Gasteiger partial charge in [-0.15, -0.1) is 0 Å². The SMILES string of the molecule is CCC/N=N/C(C)CC. The Bertz CT molecular complexity index is 79.0. The van der Waals surface area contributed by atoms with E-state index in [0.717, 1.165) is 19.4 Å². The summed E-state index contributed by atoms with van der Waals surface area (Å²) in [4.78, 5) is 0. The van der Waals surface area contributed by atoms with E-state index in [1.165, 1.54) is 0 Å². The summed E-state index contributed by atoms with van der Waals surface area (Å²) in [6, 6.07) is 0.413. The molecule has 0 aliphatic carbocycles. The first-order valence-corrected chi connectivity index (χ1v) is 3.67. The van der Waals surface area contributed by atoms with Crippen LogP contribution in [0.15, 0.2) is 10.2 Å². The summed E-state index contributed by atoms with van der Waals surface area (Å²) in [5, 5.41) is 8.04. The standard InChI is InChI=1S/C7H16N2/c1-4-6-8-9-7(3)5-2/h7H,4-6H2,1-3H3/b9-8+. The van der Waals surface area contributed by atoms with E-state index in [1.807, 2.05) is 0 Å². The van der Waals surface area contributed by atoms with Crippen LogP contribution in [-0.4, -0.2) is 12.6 Å². The molecule has 0 aliphatic heterocycles. The van der Waals surface area contributed by atoms with Crippen molar-refractivity contribution in [2.45, 2.75) is 39.7 Å². The molecular weight excluding hydrogens is 112 g/mol. The number of hydrogen-bond donors (Lipinski definition) is 0. The maximum absolute atomic E-state index is 4.06. The molecule has 2 heteroatoms. The van der Waals surface area contributed by atoms with Gasteiger partial charge in [0.25, 0.3) is 0 Å². The minimum Gasteiger partial charge on any atom is -0.194 e. The van der Waals surface area contributed by atoms with Crippen molar-refractivity contribution < 1.29 is 0 Å². The number of nitrogens with zero attached hydrogens (tertiary/aromatic N) is 2. The third-order valence-electron chi connectivity index (χ3n) is 1.19. The van der Waals surface area contributed by atoms with Gasteiger partial charge in [0.2, 0.25) is 0 Å². The van der Waals surface area contributed by atoms with Crippen molar-refractivity contribution in [3.8, 4) is 0 Å². The average Bonchev–Trinajstić information content (AvgIpc) is 1.89. The lowest BCUT2D eigenvalue weighted by atomic mass is 10.3.